The van der Waals surface area contributed by atoms with Gasteiger partial charge in [0.05, 0.1) is 13.7 Å². The predicted molar refractivity (Wildman–Crippen MR) is 79.9 cm³/mol. The van der Waals surface area contributed by atoms with Crippen LogP contribution in [0.3, 0.4) is 0 Å². The van der Waals surface area contributed by atoms with Crippen LogP contribution >= 0.6 is 0 Å². The van der Waals surface area contributed by atoms with Crippen molar-refractivity contribution in [3.63, 3.8) is 0 Å². The number of rotatable bonds is 9. The first-order valence-corrected chi connectivity index (χ1v) is 7.18. The van der Waals surface area contributed by atoms with Gasteiger partial charge in [-0.2, -0.15) is 0 Å². The summed E-state index contributed by atoms with van der Waals surface area (Å²) in [6.07, 6.45) is 2.20. The van der Waals surface area contributed by atoms with Gasteiger partial charge in [-0.15, -0.1) is 0 Å². The molecule has 0 aliphatic heterocycles. The van der Waals surface area contributed by atoms with E-state index < -0.39 is 0 Å². The highest BCUT2D eigenvalue weighted by Crippen LogP contribution is 2.31. The Balaban J connectivity index is 2.71. The summed E-state index contributed by atoms with van der Waals surface area (Å²) in [4.78, 5) is 0. The second-order valence-corrected chi connectivity index (χ2v) is 5.18. The summed E-state index contributed by atoms with van der Waals surface area (Å²) in [5.74, 6) is 2.35. The molecule has 0 unspecified atom stereocenters. The van der Waals surface area contributed by atoms with Crippen molar-refractivity contribution in [2.45, 2.75) is 40.2 Å². The fraction of sp³-hybridized carbons (Fsp3) is 0.625. The number of hydrogen-bond donors (Lipinski definition) is 1. The highest BCUT2D eigenvalue weighted by molar-refractivity contribution is 5.46. The number of ether oxygens (including phenoxy) is 2. The molecular weight excluding hydrogens is 238 g/mol. The van der Waals surface area contributed by atoms with Gasteiger partial charge in [0.1, 0.15) is 0 Å². The molecule has 0 radical (unpaired) electrons. The Labute approximate surface area is 117 Å². The maximum atomic E-state index is 5.89. The van der Waals surface area contributed by atoms with Crippen LogP contribution in [0.2, 0.25) is 0 Å². The summed E-state index contributed by atoms with van der Waals surface area (Å²) in [5.41, 5.74) is 1.16. The molecule has 3 nitrogen and oxygen atoms in total. The zero-order valence-electron chi connectivity index (χ0n) is 12.7. The molecule has 0 bridgehead atoms. The van der Waals surface area contributed by atoms with Gasteiger partial charge in [-0.1, -0.05) is 39.3 Å². The molecule has 1 rings (SSSR count). The van der Waals surface area contributed by atoms with Gasteiger partial charge >= 0.3 is 0 Å². The lowest BCUT2D eigenvalue weighted by atomic mass is 10.1. The van der Waals surface area contributed by atoms with E-state index in [2.05, 4.69) is 32.2 Å². The molecule has 0 aliphatic carbocycles. The summed E-state index contributed by atoms with van der Waals surface area (Å²) in [7, 11) is 1.69. The van der Waals surface area contributed by atoms with Gasteiger partial charge in [0.25, 0.3) is 0 Å². The minimum Gasteiger partial charge on any atom is -0.493 e. The first-order chi connectivity index (χ1) is 9.19. The van der Waals surface area contributed by atoms with E-state index >= 15 is 0 Å². The van der Waals surface area contributed by atoms with E-state index in [-0.39, 0.29) is 0 Å². The quantitative estimate of drug-likeness (QED) is 0.692. The molecule has 108 valence electrons. The molecule has 19 heavy (non-hydrogen) atoms. The number of para-hydroxylation sites is 1. The van der Waals surface area contributed by atoms with Crippen molar-refractivity contribution in [3.8, 4) is 11.5 Å². The van der Waals surface area contributed by atoms with Crippen LogP contribution in [0.4, 0.5) is 0 Å². The largest absolute Gasteiger partial charge is 0.493 e. The zero-order valence-corrected chi connectivity index (χ0v) is 12.7. The van der Waals surface area contributed by atoms with Crippen LogP contribution in [0, 0.1) is 5.92 Å². The number of hydrogen-bond acceptors (Lipinski definition) is 3. The van der Waals surface area contributed by atoms with E-state index in [1.807, 2.05) is 12.1 Å². The number of unbranched alkanes of at least 4 members (excludes halogenated alkanes) is 1. The minimum absolute atomic E-state index is 0.648. The van der Waals surface area contributed by atoms with Crippen molar-refractivity contribution in [1.82, 2.24) is 5.32 Å². The summed E-state index contributed by atoms with van der Waals surface area (Å²) in [6, 6.07) is 6.06. The molecule has 3 heteroatoms. The van der Waals surface area contributed by atoms with Gasteiger partial charge < -0.3 is 14.8 Å². The van der Waals surface area contributed by atoms with E-state index in [9.17, 15) is 0 Å². The van der Waals surface area contributed by atoms with E-state index in [1.165, 1.54) is 0 Å². The SMILES string of the molecule is CCCCOc1c(CNCC(C)C)cccc1OC. The fourth-order valence-electron chi connectivity index (χ4n) is 1.84. The van der Waals surface area contributed by atoms with Crippen LogP contribution in [0.15, 0.2) is 18.2 Å². The van der Waals surface area contributed by atoms with Crippen LogP contribution in [0.5, 0.6) is 11.5 Å². The Morgan fingerprint density at radius 1 is 1.26 bits per heavy atom. The lowest BCUT2D eigenvalue weighted by Gasteiger charge is -2.16. The monoisotopic (exact) mass is 265 g/mol. The molecule has 0 aliphatic rings. The van der Waals surface area contributed by atoms with Crippen molar-refractivity contribution in [2.75, 3.05) is 20.3 Å². The van der Waals surface area contributed by atoms with Gasteiger partial charge in [0.15, 0.2) is 11.5 Å². The molecule has 1 aromatic carbocycles. The normalized spacial score (nSPS) is 10.8. The minimum atomic E-state index is 0.648. The van der Waals surface area contributed by atoms with E-state index in [0.717, 1.165) is 49.6 Å². The lowest BCUT2D eigenvalue weighted by Crippen LogP contribution is -2.19. The van der Waals surface area contributed by atoms with Crippen LogP contribution < -0.4 is 14.8 Å². The average molecular weight is 265 g/mol. The molecule has 0 heterocycles. The smallest absolute Gasteiger partial charge is 0.165 e. The topological polar surface area (TPSA) is 30.5 Å². The molecule has 0 fully saturated rings. The molecule has 1 N–H and O–H groups in total. The highest BCUT2D eigenvalue weighted by Gasteiger charge is 2.10. The first kappa shape index (κ1) is 15.8. The fourth-order valence-corrected chi connectivity index (χ4v) is 1.84. The summed E-state index contributed by atoms with van der Waals surface area (Å²) in [5, 5.41) is 3.45. The second kappa shape index (κ2) is 8.81. The van der Waals surface area contributed by atoms with Crippen molar-refractivity contribution < 1.29 is 9.47 Å². The Kier molecular flexibility index (Phi) is 7.34. The van der Waals surface area contributed by atoms with Gasteiger partial charge in [-0.25, -0.2) is 0 Å². The molecular formula is C16H27NO2. The Hall–Kier alpha value is -1.22. The third-order valence-corrected chi connectivity index (χ3v) is 2.89. The second-order valence-electron chi connectivity index (χ2n) is 5.18. The summed E-state index contributed by atoms with van der Waals surface area (Å²) < 4.78 is 11.3. The standard InChI is InChI=1S/C16H27NO2/c1-5-6-10-19-16-14(12-17-11-13(2)3)8-7-9-15(16)18-4/h7-9,13,17H,5-6,10-12H2,1-4H3. The number of benzene rings is 1. The molecule has 0 saturated heterocycles. The Bertz CT molecular complexity index is 364. The Morgan fingerprint density at radius 3 is 2.68 bits per heavy atom. The van der Waals surface area contributed by atoms with Crippen LogP contribution in [-0.2, 0) is 6.54 Å². The lowest BCUT2D eigenvalue weighted by molar-refractivity contribution is 0.284. The maximum absolute atomic E-state index is 5.89. The molecule has 0 aromatic heterocycles. The Morgan fingerprint density at radius 2 is 2.05 bits per heavy atom. The van der Waals surface area contributed by atoms with Crippen molar-refractivity contribution >= 4 is 0 Å². The van der Waals surface area contributed by atoms with Gasteiger partial charge in [0, 0.05) is 12.1 Å². The first-order valence-electron chi connectivity index (χ1n) is 7.18. The molecule has 0 amide bonds. The van der Waals surface area contributed by atoms with E-state index in [0.29, 0.717) is 5.92 Å². The van der Waals surface area contributed by atoms with Crippen molar-refractivity contribution in [2.24, 2.45) is 5.92 Å². The third-order valence-electron chi connectivity index (χ3n) is 2.89. The van der Waals surface area contributed by atoms with Crippen LogP contribution in [-0.4, -0.2) is 20.3 Å². The van der Waals surface area contributed by atoms with Gasteiger partial charge in [-0.05, 0) is 24.9 Å². The molecule has 1 aromatic rings. The van der Waals surface area contributed by atoms with Crippen molar-refractivity contribution in [1.29, 1.82) is 0 Å². The third kappa shape index (κ3) is 5.52. The molecule has 0 atom stereocenters. The summed E-state index contributed by atoms with van der Waals surface area (Å²) in [6.45, 7) is 9.14. The van der Waals surface area contributed by atoms with Crippen LogP contribution in [0.25, 0.3) is 0 Å². The average Bonchev–Trinajstić information content (AvgIpc) is 2.39. The predicted octanol–water partition coefficient (Wildman–Crippen LogP) is 3.62. The van der Waals surface area contributed by atoms with Crippen molar-refractivity contribution in [3.05, 3.63) is 23.8 Å². The maximum Gasteiger partial charge on any atom is 0.165 e. The van der Waals surface area contributed by atoms with Crippen LogP contribution in [0.1, 0.15) is 39.2 Å². The summed E-state index contributed by atoms with van der Waals surface area (Å²) >= 11 is 0. The van der Waals surface area contributed by atoms with E-state index in [1.54, 1.807) is 7.11 Å². The molecule has 0 saturated carbocycles. The van der Waals surface area contributed by atoms with E-state index in [4.69, 9.17) is 9.47 Å². The molecule has 0 spiro atoms. The zero-order chi connectivity index (χ0) is 14.1. The number of methoxy groups -OCH3 is 1. The number of nitrogens with one attached hydrogen (secondary N) is 1. The highest BCUT2D eigenvalue weighted by atomic mass is 16.5. The van der Waals surface area contributed by atoms with Gasteiger partial charge in [-0.3, -0.25) is 0 Å². The van der Waals surface area contributed by atoms with Gasteiger partial charge in [0.2, 0.25) is 0 Å².